The Kier molecular flexibility index (Phi) is 6.81. The maximum absolute atomic E-state index is 12.1. The van der Waals surface area contributed by atoms with Gasteiger partial charge in [0.05, 0.1) is 13.0 Å². The lowest BCUT2D eigenvalue weighted by Gasteiger charge is -2.34. The van der Waals surface area contributed by atoms with Gasteiger partial charge >= 0.3 is 12.1 Å². The first-order chi connectivity index (χ1) is 7.37. The molecule has 1 heterocycles. The van der Waals surface area contributed by atoms with E-state index in [-0.39, 0.29) is 18.8 Å². The van der Waals surface area contributed by atoms with Crippen molar-refractivity contribution in [3.05, 3.63) is 0 Å². The van der Waals surface area contributed by atoms with E-state index in [4.69, 9.17) is 5.11 Å². The van der Waals surface area contributed by atoms with Gasteiger partial charge in [0, 0.05) is 32.7 Å². The number of rotatable bonds is 4. The highest BCUT2D eigenvalue weighted by molar-refractivity contribution is 5.85. The molecule has 0 bridgehead atoms. The summed E-state index contributed by atoms with van der Waals surface area (Å²) in [7, 11) is 0. The Hall–Kier alpha value is -0.530. The standard InChI is InChI=1S/C9H15F3N2O2.ClH/c10-9(11,12)7-14-5-3-13(4-6-14)2-1-8(15)16;/h1-7H2,(H,15,16);1H. The van der Waals surface area contributed by atoms with Crippen LogP contribution in [0.1, 0.15) is 6.42 Å². The van der Waals surface area contributed by atoms with Gasteiger partial charge in [-0.05, 0) is 0 Å². The van der Waals surface area contributed by atoms with Crippen molar-refractivity contribution < 1.29 is 23.1 Å². The molecule has 1 saturated heterocycles. The predicted molar refractivity (Wildman–Crippen MR) is 58.4 cm³/mol. The number of carboxylic acids is 1. The number of halogens is 4. The molecular formula is C9H16ClF3N2O2. The number of carbonyl (C=O) groups is 1. The molecule has 0 saturated carbocycles. The predicted octanol–water partition coefficient (Wildman–Crippen LogP) is 1.06. The van der Waals surface area contributed by atoms with Crippen molar-refractivity contribution in [2.24, 2.45) is 0 Å². The van der Waals surface area contributed by atoms with E-state index in [1.807, 2.05) is 4.90 Å². The van der Waals surface area contributed by atoms with Gasteiger partial charge in [0.15, 0.2) is 0 Å². The molecule has 1 rings (SSSR count). The smallest absolute Gasteiger partial charge is 0.401 e. The number of alkyl halides is 3. The van der Waals surface area contributed by atoms with Crippen molar-refractivity contribution in [1.82, 2.24) is 9.80 Å². The van der Waals surface area contributed by atoms with E-state index in [1.54, 1.807) is 0 Å². The molecule has 1 aliphatic heterocycles. The molecule has 0 unspecified atom stereocenters. The van der Waals surface area contributed by atoms with Crippen LogP contribution in [0.25, 0.3) is 0 Å². The number of piperazine rings is 1. The first-order valence-corrected chi connectivity index (χ1v) is 5.10. The highest BCUT2D eigenvalue weighted by atomic mass is 35.5. The van der Waals surface area contributed by atoms with E-state index in [1.165, 1.54) is 4.90 Å². The number of hydrogen-bond donors (Lipinski definition) is 1. The molecule has 1 fully saturated rings. The lowest BCUT2D eigenvalue weighted by molar-refractivity contribution is -0.149. The third-order valence-electron chi connectivity index (χ3n) is 2.51. The van der Waals surface area contributed by atoms with Crippen molar-refractivity contribution in [1.29, 1.82) is 0 Å². The molecule has 0 atom stereocenters. The van der Waals surface area contributed by atoms with Crippen LogP contribution in [0.3, 0.4) is 0 Å². The Bertz CT molecular complexity index is 243. The SMILES string of the molecule is Cl.O=C(O)CCN1CCN(CC(F)(F)F)CC1. The second-order valence-electron chi connectivity index (χ2n) is 3.88. The van der Waals surface area contributed by atoms with Crippen LogP contribution in [0.2, 0.25) is 0 Å². The number of carboxylic acid groups (broad SMARTS) is 1. The minimum Gasteiger partial charge on any atom is -0.481 e. The van der Waals surface area contributed by atoms with Gasteiger partial charge in [-0.15, -0.1) is 12.4 Å². The Balaban J connectivity index is 0.00000256. The summed E-state index contributed by atoms with van der Waals surface area (Å²) in [6, 6.07) is 0. The van der Waals surface area contributed by atoms with E-state index in [2.05, 4.69) is 0 Å². The first kappa shape index (κ1) is 16.5. The van der Waals surface area contributed by atoms with Crippen LogP contribution >= 0.6 is 12.4 Å². The minimum atomic E-state index is -4.15. The molecule has 0 amide bonds. The Morgan fingerprint density at radius 2 is 1.59 bits per heavy atom. The number of hydrogen-bond acceptors (Lipinski definition) is 3. The molecule has 4 nitrogen and oxygen atoms in total. The van der Waals surface area contributed by atoms with Crippen molar-refractivity contribution in [2.75, 3.05) is 39.3 Å². The van der Waals surface area contributed by atoms with Gasteiger partial charge in [-0.25, -0.2) is 0 Å². The van der Waals surface area contributed by atoms with Crippen LogP contribution in [0.5, 0.6) is 0 Å². The second-order valence-corrected chi connectivity index (χ2v) is 3.88. The van der Waals surface area contributed by atoms with Crippen LogP contribution in [0.15, 0.2) is 0 Å². The van der Waals surface area contributed by atoms with Crippen LogP contribution < -0.4 is 0 Å². The van der Waals surface area contributed by atoms with Gasteiger partial charge in [0.25, 0.3) is 0 Å². The highest BCUT2D eigenvalue weighted by Crippen LogP contribution is 2.17. The zero-order valence-electron chi connectivity index (χ0n) is 9.24. The van der Waals surface area contributed by atoms with E-state index < -0.39 is 18.7 Å². The average molecular weight is 277 g/mol. The van der Waals surface area contributed by atoms with E-state index in [0.717, 1.165) is 0 Å². The van der Waals surface area contributed by atoms with Gasteiger partial charge < -0.3 is 10.0 Å². The maximum atomic E-state index is 12.1. The van der Waals surface area contributed by atoms with Crippen LogP contribution in [-0.2, 0) is 4.79 Å². The van der Waals surface area contributed by atoms with Crippen LogP contribution in [0, 0.1) is 0 Å². The van der Waals surface area contributed by atoms with Crippen LogP contribution in [0.4, 0.5) is 13.2 Å². The molecule has 0 radical (unpaired) electrons. The van der Waals surface area contributed by atoms with E-state index >= 15 is 0 Å². The number of aliphatic carboxylic acids is 1. The summed E-state index contributed by atoms with van der Waals surface area (Å²) in [6.07, 6.45) is -4.11. The van der Waals surface area contributed by atoms with Gasteiger partial charge in [-0.1, -0.05) is 0 Å². The van der Waals surface area contributed by atoms with Crippen molar-refractivity contribution in [2.45, 2.75) is 12.6 Å². The summed E-state index contributed by atoms with van der Waals surface area (Å²) in [5, 5.41) is 8.46. The summed E-state index contributed by atoms with van der Waals surface area (Å²) in [5.74, 6) is -0.877. The van der Waals surface area contributed by atoms with E-state index in [0.29, 0.717) is 32.7 Å². The fourth-order valence-electron chi connectivity index (χ4n) is 1.68. The quantitative estimate of drug-likeness (QED) is 0.834. The highest BCUT2D eigenvalue weighted by Gasteiger charge is 2.31. The summed E-state index contributed by atoms with van der Waals surface area (Å²) in [4.78, 5) is 13.5. The lowest BCUT2D eigenvalue weighted by atomic mass is 10.3. The molecule has 0 aromatic carbocycles. The van der Waals surface area contributed by atoms with Crippen molar-refractivity contribution in [3.8, 4) is 0 Å². The Morgan fingerprint density at radius 3 is 2.00 bits per heavy atom. The van der Waals surface area contributed by atoms with Gasteiger partial charge in [0.1, 0.15) is 0 Å². The van der Waals surface area contributed by atoms with Gasteiger partial charge in [0.2, 0.25) is 0 Å². The molecule has 0 aliphatic carbocycles. The maximum Gasteiger partial charge on any atom is 0.401 e. The minimum absolute atomic E-state index is 0. The molecule has 8 heteroatoms. The molecule has 0 spiro atoms. The topological polar surface area (TPSA) is 43.8 Å². The van der Waals surface area contributed by atoms with Gasteiger partial charge in [-0.3, -0.25) is 9.69 Å². The van der Waals surface area contributed by atoms with Crippen molar-refractivity contribution in [3.63, 3.8) is 0 Å². The Morgan fingerprint density at radius 1 is 1.12 bits per heavy atom. The summed E-state index contributed by atoms with van der Waals surface area (Å²) in [5.41, 5.74) is 0. The molecule has 102 valence electrons. The summed E-state index contributed by atoms with van der Waals surface area (Å²) < 4.78 is 36.2. The molecule has 0 aromatic rings. The third kappa shape index (κ3) is 7.40. The molecule has 1 aliphatic rings. The summed E-state index contributed by atoms with van der Waals surface area (Å²) in [6.45, 7) is 1.24. The Labute approximate surface area is 104 Å². The summed E-state index contributed by atoms with van der Waals surface area (Å²) >= 11 is 0. The normalized spacial score (nSPS) is 18.8. The third-order valence-corrected chi connectivity index (χ3v) is 2.51. The molecular weight excluding hydrogens is 261 g/mol. The fourth-order valence-corrected chi connectivity index (χ4v) is 1.68. The first-order valence-electron chi connectivity index (χ1n) is 5.10. The van der Waals surface area contributed by atoms with E-state index in [9.17, 15) is 18.0 Å². The van der Waals surface area contributed by atoms with Gasteiger partial charge in [-0.2, -0.15) is 13.2 Å². The zero-order valence-corrected chi connectivity index (χ0v) is 10.1. The second kappa shape index (κ2) is 7.03. The number of nitrogens with zero attached hydrogens (tertiary/aromatic N) is 2. The molecule has 17 heavy (non-hydrogen) atoms. The van der Waals surface area contributed by atoms with Crippen molar-refractivity contribution >= 4 is 18.4 Å². The lowest BCUT2D eigenvalue weighted by Crippen LogP contribution is -2.49. The monoisotopic (exact) mass is 276 g/mol. The van der Waals surface area contributed by atoms with Crippen LogP contribution in [-0.4, -0.2) is 66.3 Å². The zero-order chi connectivity index (χ0) is 12.2. The fraction of sp³-hybridized carbons (Fsp3) is 0.889. The largest absolute Gasteiger partial charge is 0.481 e. The average Bonchev–Trinajstić information content (AvgIpc) is 2.14. The molecule has 0 aromatic heterocycles. The molecule has 1 N–H and O–H groups in total.